The number of guanidine groups is 1. The van der Waals surface area contributed by atoms with Crippen molar-refractivity contribution in [2.24, 2.45) is 4.99 Å². The Balaban J connectivity index is 1.86. The van der Waals surface area contributed by atoms with E-state index in [0.717, 1.165) is 12.1 Å². The Morgan fingerprint density at radius 2 is 1.90 bits per heavy atom. The van der Waals surface area contributed by atoms with Gasteiger partial charge in [-0.3, -0.25) is 4.99 Å². The van der Waals surface area contributed by atoms with Gasteiger partial charge in [0, 0.05) is 23.3 Å². The summed E-state index contributed by atoms with van der Waals surface area (Å²) < 4.78 is 13.5. The molecule has 2 aromatic rings. The Bertz CT molecular complexity index is 634. The number of rotatable bonds is 4. The fourth-order valence-corrected chi connectivity index (χ4v) is 2.73. The van der Waals surface area contributed by atoms with Gasteiger partial charge in [0.25, 0.3) is 0 Å². The van der Waals surface area contributed by atoms with Gasteiger partial charge in [0.1, 0.15) is 5.82 Å². The lowest BCUT2D eigenvalue weighted by Crippen LogP contribution is -2.36. The zero-order valence-electron chi connectivity index (χ0n) is 12.5. The Morgan fingerprint density at radius 1 is 1.14 bits per heavy atom. The third-order valence-corrected chi connectivity index (χ3v) is 4.15. The second-order valence-corrected chi connectivity index (χ2v) is 6.25. The monoisotopic (exact) mass is 305 g/mol. The molecule has 0 spiro atoms. The van der Waals surface area contributed by atoms with Crippen molar-refractivity contribution in [3.63, 3.8) is 0 Å². The van der Waals surface area contributed by atoms with Gasteiger partial charge < -0.3 is 10.6 Å². The highest BCUT2D eigenvalue weighted by molar-refractivity contribution is 7.11. The predicted octanol–water partition coefficient (Wildman–Crippen LogP) is 3.37. The van der Waals surface area contributed by atoms with Crippen LogP contribution in [0.5, 0.6) is 0 Å². The maximum atomic E-state index is 13.5. The molecule has 2 N–H and O–H groups in total. The molecule has 0 bridgehead atoms. The van der Waals surface area contributed by atoms with Gasteiger partial charge in [-0.1, -0.05) is 12.1 Å². The van der Waals surface area contributed by atoms with Crippen molar-refractivity contribution in [1.29, 1.82) is 0 Å². The van der Waals surface area contributed by atoms with Crippen LogP contribution in [0.2, 0.25) is 0 Å². The van der Waals surface area contributed by atoms with Crippen LogP contribution in [0.1, 0.15) is 20.9 Å². The normalized spacial score (nSPS) is 11.5. The van der Waals surface area contributed by atoms with E-state index in [-0.39, 0.29) is 5.82 Å². The first-order valence-electron chi connectivity index (χ1n) is 6.83. The zero-order valence-corrected chi connectivity index (χ0v) is 13.4. The van der Waals surface area contributed by atoms with Crippen LogP contribution in [0.15, 0.2) is 35.3 Å². The van der Waals surface area contributed by atoms with E-state index in [0.29, 0.717) is 18.1 Å². The molecule has 0 saturated heterocycles. The van der Waals surface area contributed by atoms with Crippen molar-refractivity contribution >= 4 is 17.3 Å². The number of benzene rings is 1. The lowest BCUT2D eigenvalue weighted by molar-refractivity contribution is 0.615. The first-order chi connectivity index (χ1) is 10.1. The van der Waals surface area contributed by atoms with Gasteiger partial charge in [-0.15, -0.1) is 11.3 Å². The maximum absolute atomic E-state index is 13.5. The van der Waals surface area contributed by atoms with Crippen LogP contribution in [0, 0.1) is 19.7 Å². The number of hydrogen-bond donors (Lipinski definition) is 2. The van der Waals surface area contributed by atoms with Gasteiger partial charge in [-0.25, -0.2) is 4.39 Å². The molecule has 0 unspecified atom stereocenters. The molecule has 0 fully saturated rings. The lowest BCUT2D eigenvalue weighted by atomic mass is 10.1. The van der Waals surface area contributed by atoms with Gasteiger partial charge in [0.2, 0.25) is 0 Å². The topological polar surface area (TPSA) is 36.4 Å². The van der Waals surface area contributed by atoms with E-state index in [2.05, 4.69) is 34.7 Å². The molecule has 0 saturated carbocycles. The SMILES string of the molecule is CN=C(NCc1ccc(C)c(F)c1)NCc1ccc(C)s1. The number of thiophene rings is 1. The highest BCUT2D eigenvalue weighted by atomic mass is 32.1. The van der Waals surface area contributed by atoms with Crippen LogP contribution in [0.25, 0.3) is 0 Å². The fraction of sp³-hybridized carbons (Fsp3) is 0.312. The molecule has 5 heteroatoms. The van der Waals surface area contributed by atoms with Crippen molar-refractivity contribution in [2.45, 2.75) is 26.9 Å². The van der Waals surface area contributed by atoms with Crippen molar-refractivity contribution in [3.8, 4) is 0 Å². The molecule has 0 atom stereocenters. The Morgan fingerprint density at radius 3 is 2.52 bits per heavy atom. The molecular formula is C16H20FN3S. The number of nitrogens with one attached hydrogen (secondary N) is 2. The molecule has 0 radical (unpaired) electrons. The highest BCUT2D eigenvalue weighted by Crippen LogP contribution is 2.14. The van der Waals surface area contributed by atoms with Crippen molar-refractivity contribution in [2.75, 3.05) is 7.05 Å². The highest BCUT2D eigenvalue weighted by Gasteiger charge is 2.02. The Hall–Kier alpha value is -1.88. The van der Waals surface area contributed by atoms with Crippen molar-refractivity contribution in [1.82, 2.24) is 10.6 Å². The number of nitrogens with zero attached hydrogens (tertiary/aromatic N) is 1. The minimum absolute atomic E-state index is 0.175. The van der Waals surface area contributed by atoms with Crippen molar-refractivity contribution < 1.29 is 4.39 Å². The largest absolute Gasteiger partial charge is 0.352 e. The summed E-state index contributed by atoms with van der Waals surface area (Å²) in [6.07, 6.45) is 0. The van der Waals surface area contributed by atoms with E-state index in [1.807, 2.05) is 6.07 Å². The minimum atomic E-state index is -0.175. The van der Waals surface area contributed by atoms with Crippen LogP contribution >= 0.6 is 11.3 Å². The summed E-state index contributed by atoms with van der Waals surface area (Å²) in [5.74, 6) is 0.536. The number of aliphatic imine (C=N–C) groups is 1. The molecule has 0 aliphatic rings. The van der Waals surface area contributed by atoms with Crippen LogP contribution in [0.4, 0.5) is 4.39 Å². The van der Waals surface area contributed by atoms with E-state index in [9.17, 15) is 4.39 Å². The average molecular weight is 305 g/mol. The Labute approximate surface area is 128 Å². The van der Waals surface area contributed by atoms with Gasteiger partial charge >= 0.3 is 0 Å². The molecule has 0 amide bonds. The first kappa shape index (κ1) is 15.5. The second-order valence-electron chi connectivity index (χ2n) is 4.88. The van der Waals surface area contributed by atoms with Crippen LogP contribution in [-0.2, 0) is 13.1 Å². The molecule has 21 heavy (non-hydrogen) atoms. The van der Waals surface area contributed by atoms with Crippen molar-refractivity contribution in [3.05, 3.63) is 57.0 Å². The summed E-state index contributed by atoms with van der Waals surface area (Å²) in [4.78, 5) is 6.73. The summed E-state index contributed by atoms with van der Waals surface area (Å²) >= 11 is 1.76. The summed E-state index contributed by atoms with van der Waals surface area (Å²) in [7, 11) is 1.73. The van der Waals surface area contributed by atoms with Crippen LogP contribution < -0.4 is 10.6 Å². The van der Waals surface area contributed by atoms with Gasteiger partial charge in [-0.2, -0.15) is 0 Å². The zero-order chi connectivity index (χ0) is 15.2. The molecule has 112 valence electrons. The molecule has 1 aromatic carbocycles. The van der Waals surface area contributed by atoms with E-state index in [1.54, 1.807) is 37.4 Å². The summed E-state index contributed by atoms with van der Waals surface area (Å²) in [5.41, 5.74) is 1.56. The van der Waals surface area contributed by atoms with Gasteiger partial charge in [0.05, 0.1) is 6.54 Å². The molecule has 3 nitrogen and oxygen atoms in total. The molecule has 1 aromatic heterocycles. The van der Waals surface area contributed by atoms with Crippen LogP contribution in [0.3, 0.4) is 0 Å². The summed E-state index contributed by atoms with van der Waals surface area (Å²) in [6, 6.07) is 9.47. The number of hydrogen-bond acceptors (Lipinski definition) is 2. The third-order valence-electron chi connectivity index (χ3n) is 3.15. The molecule has 1 heterocycles. The smallest absolute Gasteiger partial charge is 0.191 e. The second kappa shape index (κ2) is 7.22. The van der Waals surface area contributed by atoms with E-state index in [4.69, 9.17) is 0 Å². The summed E-state index contributed by atoms with van der Waals surface area (Å²) in [6.45, 7) is 5.13. The summed E-state index contributed by atoms with van der Waals surface area (Å²) in [5, 5.41) is 6.44. The standard InChI is InChI=1S/C16H20FN3S/c1-11-4-6-13(8-15(11)17)9-19-16(18-3)20-10-14-7-5-12(2)21-14/h4-8H,9-10H2,1-3H3,(H2,18,19,20). The fourth-order valence-electron chi connectivity index (χ4n) is 1.90. The third kappa shape index (κ3) is 4.56. The molecule has 0 aliphatic carbocycles. The Kier molecular flexibility index (Phi) is 5.33. The quantitative estimate of drug-likeness (QED) is 0.671. The van der Waals surface area contributed by atoms with E-state index >= 15 is 0 Å². The van der Waals surface area contributed by atoms with E-state index in [1.165, 1.54) is 9.75 Å². The molecular weight excluding hydrogens is 285 g/mol. The minimum Gasteiger partial charge on any atom is -0.352 e. The first-order valence-corrected chi connectivity index (χ1v) is 7.65. The average Bonchev–Trinajstić information content (AvgIpc) is 2.88. The lowest BCUT2D eigenvalue weighted by Gasteiger charge is -2.11. The maximum Gasteiger partial charge on any atom is 0.191 e. The molecule has 2 rings (SSSR count). The van der Waals surface area contributed by atoms with E-state index < -0.39 is 0 Å². The molecule has 0 aliphatic heterocycles. The number of halogens is 1. The van der Waals surface area contributed by atoms with Gasteiger partial charge in [0.15, 0.2) is 5.96 Å². The predicted molar refractivity (Wildman–Crippen MR) is 87.2 cm³/mol. The number of aryl methyl sites for hydroxylation is 2. The van der Waals surface area contributed by atoms with Gasteiger partial charge in [-0.05, 0) is 43.2 Å². The van der Waals surface area contributed by atoms with Crippen LogP contribution in [-0.4, -0.2) is 13.0 Å².